The number of ether oxygens (including phenoxy) is 2. The van der Waals surface area contributed by atoms with Gasteiger partial charge in [-0.15, -0.1) is 0 Å². The molecule has 2 unspecified atom stereocenters. The van der Waals surface area contributed by atoms with E-state index in [4.69, 9.17) is 14.5 Å². The van der Waals surface area contributed by atoms with Crippen molar-refractivity contribution < 1.29 is 14.6 Å². The van der Waals surface area contributed by atoms with Crippen molar-refractivity contribution in [3.05, 3.63) is 29.3 Å². The Hall–Kier alpha value is -1.79. The first-order valence-corrected chi connectivity index (χ1v) is 10.5. The van der Waals surface area contributed by atoms with Gasteiger partial charge < -0.3 is 25.2 Å². The second kappa shape index (κ2) is 11.3. The number of aliphatic hydroxyl groups is 1. The van der Waals surface area contributed by atoms with E-state index in [-0.39, 0.29) is 18.1 Å². The molecule has 0 bridgehead atoms. The number of hydrogen-bond acceptors (Lipinski definition) is 4. The van der Waals surface area contributed by atoms with Crippen molar-refractivity contribution in [3.8, 4) is 5.75 Å². The summed E-state index contributed by atoms with van der Waals surface area (Å²) in [6, 6.07) is 6.24. The van der Waals surface area contributed by atoms with Crippen LogP contribution in [0, 0.1) is 12.3 Å². The van der Waals surface area contributed by atoms with Gasteiger partial charge in [-0.3, -0.25) is 0 Å². The molecule has 6 nitrogen and oxygen atoms in total. The molecule has 0 aromatic heterocycles. The molecule has 0 spiro atoms. The Morgan fingerprint density at radius 1 is 1.36 bits per heavy atom. The first kappa shape index (κ1) is 22.5. The molecule has 28 heavy (non-hydrogen) atoms. The highest BCUT2D eigenvalue weighted by atomic mass is 16.5. The van der Waals surface area contributed by atoms with Gasteiger partial charge in [-0.25, -0.2) is 4.99 Å². The molecule has 0 saturated carbocycles. The molecular formula is C22H37N3O3. The second-order valence-corrected chi connectivity index (χ2v) is 7.93. The fraction of sp³-hybridized carbons (Fsp3) is 0.682. The molecule has 0 amide bonds. The Morgan fingerprint density at radius 2 is 2.18 bits per heavy atom. The lowest BCUT2D eigenvalue weighted by Crippen LogP contribution is -2.43. The summed E-state index contributed by atoms with van der Waals surface area (Å²) < 4.78 is 11.7. The highest BCUT2D eigenvalue weighted by Gasteiger charge is 2.21. The van der Waals surface area contributed by atoms with Gasteiger partial charge in [0.25, 0.3) is 0 Å². The predicted molar refractivity (Wildman–Crippen MR) is 114 cm³/mol. The summed E-state index contributed by atoms with van der Waals surface area (Å²) in [5, 5.41) is 16.3. The fourth-order valence-electron chi connectivity index (χ4n) is 2.98. The van der Waals surface area contributed by atoms with Crippen molar-refractivity contribution in [2.45, 2.75) is 59.6 Å². The smallest absolute Gasteiger partial charge is 0.191 e. The van der Waals surface area contributed by atoms with Crippen molar-refractivity contribution >= 4 is 5.96 Å². The molecule has 3 N–H and O–H groups in total. The first-order valence-electron chi connectivity index (χ1n) is 10.5. The van der Waals surface area contributed by atoms with Crippen molar-refractivity contribution in [1.82, 2.24) is 10.6 Å². The van der Waals surface area contributed by atoms with E-state index in [1.165, 1.54) is 5.56 Å². The monoisotopic (exact) mass is 391 g/mol. The van der Waals surface area contributed by atoms with Crippen LogP contribution in [0.4, 0.5) is 0 Å². The molecule has 1 aromatic carbocycles. The topological polar surface area (TPSA) is 75.1 Å². The van der Waals surface area contributed by atoms with Gasteiger partial charge in [0, 0.05) is 30.7 Å². The molecule has 1 aromatic rings. The highest BCUT2D eigenvalue weighted by molar-refractivity contribution is 5.79. The Labute approximate surface area is 169 Å². The molecule has 6 heteroatoms. The highest BCUT2D eigenvalue weighted by Crippen LogP contribution is 2.23. The van der Waals surface area contributed by atoms with Crippen LogP contribution >= 0.6 is 0 Å². The van der Waals surface area contributed by atoms with Gasteiger partial charge in [0.1, 0.15) is 12.4 Å². The summed E-state index contributed by atoms with van der Waals surface area (Å²) >= 11 is 0. The standard InChI is InChI=1S/C22H37N3O3/c1-5-22(4,16-26)15-25-21(23-6-2)24-13-18-10-9-17(3)12-20(18)28-14-19-8-7-11-27-19/h9-10,12,19,26H,5-8,11,13-16H2,1-4H3,(H2,23,24,25). The maximum atomic E-state index is 9.62. The van der Waals surface area contributed by atoms with Gasteiger partial charge in [0.2, 0.25) is 0 Å². The summed E-state index contributed by atoms with van der Waals surface area (Å²) in [4.78, 5) is 4.73. The van der Waals surface area contributed by atoms with Crippen LogP contribution in [-0.4, -0.2) is 50.1 Å². The number of nitrogens with zero attached hydrogens (tertiary/aromatic N) is 1. The minimum absolute atomic E-state index is 0.148. The minimum Gasteiger partial charge on any atom is -0.491 e. The molecule has 0 aliphatic carbocycles. The van der Waals surface area contributed by atoms with Gasteiger partial charge >= 0.3 is 0 Å². The number of aryl methyl sites for hydroxylation is 1. The van der Waals surface area contributed by atoms with Crippen molar-refractivity contribution in [2.24, 2.45) is 10.4 Å². The lowest BCUT2D eigenvalue weighted by Gasteiger charge is -2.27. The molecule has 1 aliphatic heterocycles. The number of nitrogens with one attached hydrogen (secondary N) is 2. The minimum atomic E-state index is -0.157. The lowest BCUT2D eigenvalue weighted by atomic mass is 9.89. The Bertz CT molecular complexity index is 623. The molecule has 2 atom stereocenters. The van der Waals surface area contributed by atoms with Gasteiger partial charge in [-0.05, 0) is 44.7 Å². The van der Waals surface area contributed by atoms with E-state index in [2.05, 4.69) is 49.6 Å². The normalized spacial score (nSPS) is 19.3. The lowest BCUT2D eigenvalue weighted by molar-refractivity contribution is 0.0676. The maximum absolute atomic E-state index is 9.62. The van der Waals surface area contributed by atoms with Gasteiger partial charge in [0.05, 0.1) is 19.3 Å². The Morgan fingerprint density at radius 3 is 2.82 bits per heavy atom. The van der Waals surface area contributed by atoms with E-state index in [1.54, 1.807) is 0 Å². The van der Waals surface area contributed by atoms with E-state index < -0.39 is 0 Å². The van der Waals surface area contributed by atoms with Crippen LogP contribution in [0.2, 0.25) is 0 Å². The third kappa shape index (κ3) is 6.99. The summed E-state index contributed by atoms with van der Waals surface area (Å²) in [6.45, 7) is 11.8. The second-order valence-electron chi connectivity index (χ2n) is 7.93. The SMILES string of the molecule is CCNC(=NCc1ccc(C)cc1OCC1CCCO1)NCC(C)(CC)CO. The van der Waals surface area contributed by atoms with Crippen molar-refractivity contribution in [1.29, 1.82) is 0 Å². The van der Waals surface area contributed by atoms with Crippen LogP contribution in [0.25, 0.3) is 0 Å². The van der Waals surface area contributed by atoms with Crippen molar-refractivity contribution in [3.63, 3.8) is 0 Å². The van der Waals surface area contributed by atoms with Gasteiger partial charge in [0.15, 0.2) is 5.96 Å². The van der Waals surface area contributed by atoms with E-state index in [9.17, 15) is 5.11 Å². The number of guanidine groups is 1. The summed E-state index contributed by atoms with van der Waals surface area (Å²) in [5.41, 5.74) is 2.07. The molecule has 0 radical (unpaired) electrons. The molecule has 1 saturated heterocycles. The number of hydrogen-bond donors (Lipinski definition) is 3. The third-order valence-electron chi connectivity index (χ3n) is 5.34. The van der Waals surface area contributed by atoms with Crippen LogP contribution in [0.3, 0.4) is 0 Å². The third-order valence-corrected chi connectivity index (χ3v) is 5.34. The molecule has 2 rings (SSSR count). The van der Waals surface area contributed by atoms with Crippen LogP contribution in [-0.2, 0) is 11.3 Å². The quantitative estimate of drug-likeness (QED) is 0.422. The van der Waals surface area contributed by atoms with Crippen LogP contribution in [0.1, 0.15) is 51.2 Å². The average Bonchev–Trinajstić information content (AvgIpc) is 3.23. The van der Waals surface area contributed by atoms with Gasteiger partial charge in [-0.2, -0.15) is 0 Å². The van der Waals surface area contributed by atoms with E-state index in [1.807, 2.05) is 6.92 Å². The van der Waals surface area contributed by atoms with Crippen LogP contribution in [0.5, 0.6) is 5.75 Å². The summed E-state index contributed by atoms with van der Waals surface area (Å²) in [7, 11) is 0. The molecule has 1 aliphatic rings. The molecule has 1 heterocycles. The number of aliphatic imine (C=N–C) groups is 1. The van der Waals surface area contributed by atoms with E-state index >= 15 is 0 Å². The molecule has 1 fully saturated rings. The Balaban J connectivity index is 2.03. The zero-order valence-electron chi connectivity index (χ0n) is 17.9. The maximum Gasteiger partial charge on any atom is 0.191 e. The predicted octanol–water partition coefficient (Wildman–Crippen LogP) is 3.02. The number of rotatable bonds is 10. The largest absolute Gasteiger partial charge is 0.491 e. The average molecular weight is 392 g/mol. The first-order chi connectivity index (χ1) is 13.5. The van der Waals surface area contributed by atoms with Crippen LogP contribution < -0.4 is 15.4 Å². The van der Waals surface area contributed by atoms with E-state index in [0.29, 0.717) is 19.7 Å². The number of aliphatic hydroxyl groups excluding tert-OH is 1. The van der Waals surface area contributed by atoms with Crippen LogP contribution in [0.15, 0.2) is 23.2 Å². The van der Waals surface area contributed by atoms with Gasteiger partial charge in [-0.1, -0.05) is 26.0 Å². The van der Waals surface area contributed by atoms with Crippen molar-refractivity contribution in [2.75, 3.05) is 32.9 Å². The zero-order chi connectivity index (χ0) is 20.4. The summed E-state index contributed by atoms with van der Waals surface area (Å²) in [6.07, 6.45) is 3.27. The fourth-order valence-corrected chi connectivity index (χ4v) is 2.98. The van der Waals surface area contributed by atoms with E-state index in [0.717, 1.165) is 49.7 Å². The molecule has 158 valence electrons. The molecular weight excluding hydrogens is 354 g/mol. The zero-order valence-corrected chi connectivity index (χ0v) is 17.9. The number of benzene rings is 1. The summed E-state index contributed by atoms with van der Waals surface area (Å²) in [5.74, 6) is 1.63. The Kier molecular flexibility index (Phi) is 9.06.